The third kappa shape index (κ3) is 5.51. The second-order valence-electron chi connectivity index (χ2n) is 8.01. The Morgan fingerprint density at radius 1 is 0.941 bits per heavy atom. The van der Waals surface area contributed by atoms with Gasteiger partial charge < -0.3 is 14.8 Å². The average Bonchev–Trinajstić information content (AvgIpc) is 2.82. The summed E-state index contributed by atoms with van der Waals surface area (Å²) in [5.41, 5.74) is 2.95. The summed E-state index contributed by atoms with van der Waals surface area (Å²) in [5, 5.41) is 2.90. The maximum absolute atomic E-state index is 13.6. The van der Waals surface area contributed by atoms with Crippen LogP contribution in [-0.2, 0) is 14.8 Å². The Hall–Kier alpha value is -3.52. The van der Waals surface area contributed by atoms with Gasteiger partial charge in [-0.1, -0.05) is 42.0 Å². The highest BCUT2D eigenvalue weighted by atomic mass is 32.2. The van der Waals surface area contributed by atoms with Crippen LogP contribution in [-0.4, -0.2) is 35.1 Å². The fraction of sp³-hybridized carbons (Fsp3) is 0.269. The van der Waals surface area contributed by atoms with Crippen LogP contribution in [0.4, 0.5) is 5.69 Å². The lowest BCUT2D eigenvalue weighted by molar-refractivity contribution is -0.120. The minimum atomic E-state index is -3.97. The van der Waals surface area contributed by atoms with E-state index in [1.165, 1.54) is 0 Å². The van der Waals surface area contributed by atoms with Gasteiger partial charge in [0, 0.05) is 0 Å². The summed E-state index contributed by atoms with van der Waals surface area (Å²) >= 11 is 0. The van der Waals surface area contributed by atoms with E-state index in [-0.39, 0.29) is 17.5 Å². The van der Waals surface area contributed by atoms with E-state index in [1.54, 1.807) is 62.8 Å². The predicted molar refractivity (Wildman–Crippen MR) is 133 cm³/mol. The standard InChI is InChI=1S/C26H30N2O5S/c1-18-10-13-22(14-11-18)34(30,31)28(23-9-7-6-8-19(23)2)17-26(29)27-20(3)21-12-15-24(32-4)25(16-21)33-5/h6-16,20H,17H2,1-5H3,(H,27,29)/t20-/m1/s1. The Bertz CT molecular complexity index is 1260. The van der Waals surface area contributed by atoms with Gasteiger partial charge in [-0.05, 0) is 62.2 Å². The first-order chi connectivity index (χ1) is 16.2. The number of carbonyl (C=O) groups is 1. The Morgan fingerprint density at radius 3 is 2.21 bits per heavy atom. The van der Waals surface area contributed by atoms with E-state index in [4.69, 9.17) is 9.47 Å². The number of amides is 1. The van der Waals surface area contributed by atoms with E-state index >= 15 is 0 Å². The second-order valence-corrected chi connectivity index (χ2v) is 9.88. The largest absolute Gasteiger partial charge is 0.493 e. The molecule has 0 aliphatic heterocycles. The van der Waals surface area contributed by atoms with Crippen molar-refractivity contribution in [2.45, 2.75) is 31.7 Å². The topological polar surface area (TPSA) is 84.9 Å². The molecule has 0 unspecified atom stereocenters. The van der Waals surface area contributed by atoms with Crippen LogP contribution in [0.3, 0.4) is 0 Å². The van der Waals surface area contributed by atoms with Gasteiger partial charge in [0.15, 0.2) is 11.5 Å². The van der Waals surface area contributed by atoms with Crippen molar-refractivity contribution in [3.63, 3.8) is 0 Å². The Kier molecular flexibility index (Phi) is 7.83. The highest BCUT2D eigenvalue weighted by molar-refractivity contribution is 7.92. The third-order valence-electron chi connectivity index (χ3n) is 5.57. The monoisotopic (exact) mass is 482 g/mol. The van der Waals surface area contributed by atoms with Gasteiger partial charge in [0.05, 0.1) is 30.8 Å². The molecule has 0 bridgehead atoms. The quantitative estimate of drug-likeness (QED) is 0.489. The number of aryl methyl sites for hydroxylation is 2. The number of ether oxygens (including phenoxy) is 2. The zero-order chi connectivity index (χ0) is 24.9. The maximum atomic E-state index is 13.6. The van der Waals surface area contributed by atoms with Crippen LogP contribution in [0, 0.1) is 13.8 Å². The van der Waals surface area contributed by atoms with E-state index in [9.17, 15) is 13.2 Å². The van der Waals surface area contributed by atoms with Crippen molar-refractivity contribution < 1.29 is 22.7 Å². The smallest absolute Gasteiger partial charge is 0.264 e. The number of sulfonamides is 1. The van der Waals surface area contributed by atoms with E-state index in [2.05, 4.69) is 5.32 Å². The fourth-order valence-corrected chi connectivity index (χ4v) is 5.09. The second kappa shape index (κ2) is 10.6. The Balaban J connectivity index is 1.89. The summed E-state index contributed by atoms with van der Waals surface area (Å²) in [6.45, 7) is 5.17. The predicted octanol–water partition coefficient (Wildman–Crippen LogP) is 4.39. The molecule has 1 N–H and O–H groups in total. The van der Waals surface area contributed by atoms with Gasteiger partial charge in [0.2, 0.25) is 5.91 Å². The molecule has 3 aromatic rings. The zero-order valence-electron chi connectivity index (χ0n) is 20.0. The van der Waals surface area contributed by atoms with Gasteiger partial charge in [0.1, 0.15) is 6.54 Å². The molecule has 0 heterocycles. The zero-order valence-corrected chi connectivity index (χ0v) is 20.8. The minimum Gasteiger partial charge on any atom is -0.493 e. The number of hydrogen-bond donors (Lipinski definition) is 1. The summed E-state index contributed by atoms with van der Waals surface area (Å²) in [4.78, 5) is 13.2. The summed E-state index contributed by atoms with van der Waals surface area (Å²) in [7, 11) is -0.877. The fourth-order valence-electron chi connectivity index (χ4n) is 3.60. The molecule has 8 heteroatoms. The average molecular weight is 483 g/mol. The van der Waals surface area contributed by atoms with E-state index < -0.39 is 15.9 Å². The minimum absolute atomic E-state index is 0.127. The van der Waals surface area contributed by atoms with Gasteiger partial charge >= 0.3 is 0 Å². The molecule has 7 nitrogen and oxygen atoms in total. The molecular weight excluding hydrogens is 452 g/mol. The number of anilines is 1. The highest BCUT2D eigenvalue weighted by Crippen LogP contribution is 2.30. The van der Waals surface area contributed by atoms with Gasteiger partial charge in [0.25, 0.3) is 10.0 Å². The lowest BCUT2D eigenvalue weighted by Gasteiger charge is -2.26. The molecule has 0 spiro atoms. The summed E-state index contributed by atoms with van der Waals surface area (Å²) in [6.07, 6.45) is 0. The summed E-state index contributed by atoms with van der Waals surface area (Å²) in [6, 6.07) is 18.7. The first-order valence-electron chi connectivity index (χ1n) is 10.8. The van der Waals surface area contributed by atoms with Gasteiger partial charge in [-0.25, -0.2) is 8.42 Å². The van der Waals surface area contributed by atoms with Crippen LogP contribution in [0.25, 0.3) is 0 Å². The van der Waals surface area contributed by atoms with Crippen LogP contribution in [0.1, 0.15) is 29.7 Å². The molecule has 0 radical (unpaired) electrons. The number of nitrogens with zero attached hydrogens (tertiary/aromatic N) is 1. The molecule has 3 rings (SSSR count). The molecule has 34 heavy (non-hydrogen) atoms. The summed E-state index contributed by atoms with van der Waals surface area (Å²) < 4.78 is 38.9. The molecule has 0 aliphatic rings. The molecule has 1 atom stereocenters. The third-order valence-corrected chi connectivity index (χ3v) is 7.34. The van der Waals surface area contributed by atoms with Crippen LogP contribution < -0.4 is 19.1 Å². The van der Waals surface area contributed by atoms with Crippen molar-refractivity contribution in [2.24, 2.45) is 0 Å². The van der Waals surface area contributed by atoms with Crippen molar-refractivity contribution in [1.82, 2.24) is 5.32 Å². The first kappa shape index (κ1) is 25.1. The van der Waals surface area contributed by atoms with E-state index in [0.29, 0.717) is 17.2 Å². The van der Waals surface area contributed by atoms with Crippen molar-refractivity contribution in [2.75, 3.05) is 25.1 Å². The van der Waals surface area contributed by atoms with Crippen molar-refractivity contribution in [1.29, 1.82) is 0 Å². The molecule has 0 aliphatic carbocycles. The van der Waals surface area contributed by atoms with Crippen LogP contribution >= 0.6 is 0 Å². The SMILES string of the molecule is COc1ccc([C@@H](C)NC(=O)CN(c2ccccc2C)S(=O)(=O)c2ccc(C)cc2)cc1OC. The molecule has 0 saturated heterocycles. The molecule has 0 saturated carbocycles. The van der Waals surface area contributed by atoms with Crippen molar-refractivity contribution in [3.8, 4) is 11.5 Å². The number of rotatable bonds is 9. The van der Waals surface area contributed by atoms with Gasteiger partial charge in [-0.15, -0.1) is 0 Å². The molecule has 1 amide bonds. The van der Waals surface area contributed by atoms with Crippen LogP contribution in [0.2, 0.25) is 0 Å². The van der Waals surface area contributed by atoms with E-state index in [1.807, 2.05) is 39.0 Å². The maximum Gasteiger partial charge on any atom is 0.264 e. The van der Waals surface area contributed by atoms with Crippen molar-refractivity contribution in [3.05, 3.63) is 83.4 Å². The number of nitrogens with one attached hydrogen (secondary N) is 1. The Labute approximate surface area is 201 Å². The number of hydrogen-bond acceptors (Lipinski definition) is 5. The number of benzene rings is 3. The Morgan fingerprint density at radius 2 is 1.59 bits per heavy atom. The van der Waals surface area contributed by atoms with Crippen LogP contribution in [0.5, 0.6) is 11.5 Å². The van der Waals surface area contributed by atoms with Gasteiger partial charge in [-0.3, -0.25) is 9.10 Å². The molecule has 180 valence electrons. The first-order valence-corrected chi connectivity index (χ1v) is 12.3. The number of methoxy groups -OCH3 is 2. The lowest BCUT2D eigenvalue weighted by atomic mass is 10.1. The number of carbonyl (C=O) groups excluding carboxylic acids is 1. The number of para-hydroxylation sites is 1. The van der Waals surface area contributed by atoms with Crippen molar-refractivity contribution >= 4 is 21.6 Å². The molecule has 3 aromatic carbocycles. The molecule has 0 aromatic heterocycles. The highest BCUT2D eigenvalue weighted by Gasteiger charge is 2.28. The lowest BCUT2D eigenvalue weighted by Crippen LogP contribution is -2.41. The van der Waals surface area contributed by atoms with E-state index in [0.717, 1.165) is 21.0 Å². The van der Waals surface area contributed by atoms with Crippen LogP contribution in [0.15, 0.2) is 71.6 Å². The summed E-state index contributed by atoms with van der Waals surface area (Å²) in [5.74, 6) is 0.700. The normalized spacial score (nSPS) is 12.0. The van der Waals surface area contributed by atoms with Gasteiger partial charge in [-0.2, -0.15) is 0 Å². The molecular formula is C26H30N2O5S. The molecule has 0 fully saturated rings.